The Labute approximate surface area is 151 Å². The third-order valence-corrected chi connectivity index (χ3v) is 4.98. The number of hydrogen-bond acceptors (Lipinski definition) is 3. The summed E-state index contributed by atoms with van der Waals surface area (Å²) < 4.78 is 5.82. The fraction of sp³-hybridized carbons (Fsp3) is 0.455. The highest BCUT2D eigenvalue weighted by Crippen LogP contribution is 2.24. The summed E-state index contributed by atoms with van der Waals surface area (Å²) in [6.07, 6.45) is 0.579. The molecule has 0 spiro atoms. The van der Waals surface area contributed by atoms with Crippen molar-refractivity contribution < 1.29 is 9.84 Å². The average Bonchev–Trinajstić information content (AvgIpc) is 2.59. The molecule has 0 aliphatic carbocycles. The van der Waals surface area contributed by atoms with Gasteiger partial charge in [0.2, 0.25) is 0 Å². The van der Waals surface area contributed by atoms with Gasteiger partial charge >= 0.3 is 0 Å². The number of benzene rings is 2. The van der Waals surface area contributed by atoms with Crippen LogP contribution in [0.15, 0.2) is 42.5 Å². The van der Waals surface area contributed by atoms with Crippen molar-refractivity contribution in [2.24, 2.45) is 0 Å². The Hall–Kier alpha value is -1.84. The molecular formula is C22H29NO2. The molecule has 1 atom stereocenters. The molecule has 3 rings (SSSR count). The van der Waals surface area contributed by atoms with Crippen LogP contribution in [0.3, 0.4) is 0 Å². The van der Waals surface area contributed by atoms with Crippen molar-refractivity contribution in [2.45, 2.75) is 45.8 Å². The van der Waals surface area contributed by atoms with E-state index in [4.69, 9.17) is 4.74 Å². The molecule has 1 unspecified atom stereocenters. The second-order valence-corrected chi connectivity index (χ2v) is 7.39. The van der Waals surface area contributed by atoms with Crippen molar-refractivity contribution in [2.75, 3.05) is 19.7 Å². The number of aliphatic hydroxyl groups is 1. The molecule has 25 heavy (non-hydrogen) atoms. The predicted molar refractivity (Wildman–Crippen MR) is 102 cm³/mol. The molecule has 0 saturated heterocycles. The van der Waals surface area contributed by atoms with E-state index in [0.29, 0.717) is 19.1 Å². The van der Waals surface area contributed by atoms with E-state index in [2.05, 4.69) is 62.1 Å². The van der Waals surface area contributed by atoms with Gasteiger partial charge in [0.25, 0.3) is 0 Å². The number of aryl methyl sites for hydroxylation is 1. The maximum Gasteiger partial charge on any atom is 0.119 e. The number of β-amino-alcohol motifs (C(OH)–C–C–N with tert-alkyl or cyclic N) is 1. The van der Waals surface area contributed by atoms with Crippen molar-refractivity contribution in [1.82, 2.24) is 4.90 Å². The maximum atomic E-state index is 10.4. The molecule has 1 heterocycles. The quantitative estimate of drug-likeness (QED) is 0.866. The lowest BCUT2D eigenvalue weighted by Gasteiger charge is -2.30. The smallest absolute Gasteiger partial charge is 0.119 e. The van der Waals surface area contributed by atoms with Crippen LogP contribution in [-0.4, -0.2) is 35.8 Å². The van der Waals surface area contributed by atoms with Gasteiger partial charge in [-0.15, -0.1) is 0 Å². The van der Waals surface area contributed by atoms with Gasteiger partial charge < -0.3 is 9.84 Å². The number of ether oxygens (including phenoxy) is 1. The van der Waals surface area contributed by atoms with E-state index in [1.54, 1.807) is 0 Å². The highest BCUT2D eigenvalue weighted by atomic mass is 16.5. The summed E-state index contributed by atoms with van der Waals surface area (Å²) >= 11 is 0. The Kier molecular flexibility index (Phi) is 5.77. The van der Waals surface area contributed by atoms with E-state index >= 15 is 0 Å². The van der Waals surface area contributed by atoms with Crippen molar-refractivity contribution >= 4 is 0 Å². The van der Waals surface area contributed by atoms with E-state index in [0.717, 1.165) is 25.3 Å². The lowest BCUT2D eigenvalue weighted by molar-refractivity contribution is 0.0637. The average molecular weight is 339 g/mol. The molecule has 1 aliphatic rings. The first-order valence-corrected chi connectivity index (χ1v) is 9.23. The van der Waals surface area contributed by atoms with E-state index < -0.39 is 6.10 Å². The molecule has 3 heteroatoms. The van der Waals surface area contributed by atoms with E-state index in [-0.39, 0.29) is 0 Å². The molecule has 0 radical (unpaired) electrons. The van der Waals surface area contributed by atoms with E-state index in [1.165, 1.54) is 22.3 Å². The Balaban J connectivity index is 1.50. The second kappa shape index (κ2) is 8.03. The number of hydrogen-bond donors (Lipinski definition) is 1. The standard InChI is InChI=1S/C22H29NO2/c1-16(2)22-9-8-21(12-17(22)3)25-15-20(24)14-23-11-10-18-6-4-5-7-19(18)13-23/h4-9,12,16,20,24H,10-11,13-15H2,1-3H3. The molecule has 0 aromatic heterocycles. The lowest BCUT2D eigenvalue weighted by atomic mass is 9.98. The minimum atomic E-state index is -0.477. The second-order valence-electron chi connectivity index (χ2n) is 7.39. The van der Waals surface area contributed by atoms with Crippen LogP contribution in [0.25, 0.3) is 0 Å². The van der Waals surface area contributed by atoms with Crippen LogP contribution in [0, 0.1) is 6.92 Å². The van der Waals surface area contributed by atoms with Crippen molar-refractivity contribution in [3.8, 4) is 5.75 Å². The first kappa shape index (κ1) is 18.0. The third kappa shape index (κ3) is 4.62. The highest BCUT2D eigenvalue weighted by Gasteiger charge is 2.18. The molecule has 1 N–H and O–H groups in total. The minimum absolute atomic E-state index is 0.332. The summed E-state index contributed by atoms with van der Waals surface area (Å²) in [5.41, 5.74) is 5.40. The van der Waals surface area contributed by atoms with Gasteiger partial charge in [0.1, 0.15) is 18.5 Å². The summed E-state index contributed by atoms with van der Waals surface area (Å²) in [5, 5.41) is 10.4. The Morgan fingerprint density at radius 3 is 2.60 bits per heavy atom. The zero-order valence-corrected chi connectivity index (χ0v) is 15.5. The number of aliphatic hydroxyl groups excluding tert-OH is 1. The zero-order chi connectivity index (χ0) is 17.8. The van der Waals surface area contributed by atoms with E-state index in [1.807, 2.05) is 6.07 Å². The largest absolute Gasteiger partial charge is 0.491 e. The van der Waals surface area contributed by atoms with Gasteiger partial charge in [-0.25, -0.2) is 0 Å². The topological polar surface area (TPSA) is 32.7 Å². The third-order valence-electron chi connectivity index (χ3n) is 4.98. The van der Waals surface area contributed by atoms with Gasteiger partial charge in [-0.1, -0.05) is 44.2 Å². The normalized spacial score (nSPS) is 15.9. The maximum absolute atomic E-state index is 10.4. The predicted octanol–water partition coefficient (Wildman–Crippen LogP) is 3.92. The van der Waals surface area contributed by atoms with Crippen LogP contribution in [0.4, 0.5) is 0 Å². The summed E-state index contributed by atoms with van der Waals surface area (Å²) in [7, 11) is 0. The first-order valence-electron chi connectivity index (χ1n) is 9.23. The highest BCUT2D eigenvalue weighted by molar-refractivity contribution is 5.36. The van der Waals surface area contributed by atoms with Gasteiger partial charge in [-0.3, -0.25) is 4.90 Å². The lowest BCUT2D eigenvalue weighted by Crippen LogP contribution is -2.38. The molecule has 0 bridgehead atoms. The number of fused-ring (bicyclic) bond motifs is 1. The molecule has 0 amide bonds. The molecule has 134 valence electrons. The summed E-state index contributed by atoms with van der Waals surface area (Å²) in [6, 6.07) is 14.8. The minimum Gasteiger partial charge on any atom is -0.491 e. The van der Waals surface area contributed by atoms with Gasteiger partial charge in [0.05, 0.1) is 0 Å². The van der Waals surface area contributed by atoms with Crippen LogP contribution in [0.5, 0.6) is 5.75 Å². The van der Waals surface area contributed by atoms with Gasteiger partial charge in [-0.05, 0) is 53.6 Å². The summed E-state index contributed by atoms with van der Waals surface area (Å²) in [6.45, 7) is 9.40. The van der Waals surface area contributed by atoms with Crippen LogP contribution in [-0.2, 0) is 13.0 Å². The van der Waals surface area contributed by atoms with Crippen LogP contribution in [0.1, 0.15) is 42.0 Å². The fourth-order valence-corrected chi connectivity index (χ4v) is 3.64. The molecular weight excluding hydrogens is 310 g/mol. The summed E-state index contributed by atoms with van der Waals surface area (Å²) in [4.78, 5) is 2.31. The first-order chi connectivity index (χ1) is 12.0. The SMILES string of the molecule is Cc1cc(OCC(O)CN2CCc3ccccc3C2)ccc1C(C)C. The number of nitrogens with zero attached hydrogens (tertiary/aromatic N) is 1. The molecule has 0 fully saturated rings. The van der Waals surface area contributed by atoms with Crippen LogP contribution < -0.4 is 4.74 Å². The van der Waals surface area contributed by atoms with Gasteiger partial charge in [0, 0.05) is 19.6 Å². The van der Waals surface area contributed by atoms with Crippen molar-refractivity contribution in [3.05, 3.63) is 64.7 Å². The van der Waals surface area contributed by atoms with E-state index in [9.17, 15) is 5.11 Å². The molecule has 2 aromatic carbocycles. The summed E-state index contributed by atoms with van der Waals surface area (Å²) in [5.74, 6) is 1.35. The van der Waals surface area contributed by atoms with Crippen molar-refractivity contribution in [1.29, 1.82) is 0 Å². The molecule has 3 nitrogen and oxygen atoms in total. The number of rotatable bonds is 6. The van der Waals surface area contributed by atoms with Gasteiger partial charge in [0.15, 0.2) is 0 Å². The van der Waals surface area contributed by atoms with Crippen molar-refractivity contribution in [3.63, 3.8) is 0 Å². The molecule has 1 aliphatic heterocycles. The Morgan fingerprint density at radius 1 is 1.12 bits per heavy atom. The zero-order valence-electron chi connectivity index (χ0n) is 15.5. The molecule has 0 saturated carbocycles. The fourth-order valence-electron chi connectivity index (χ4n) is 3.64. The molecule has 2 aromatic rings. The Bertz CT molecular complexity index is 711. The van der Waals surface area contributed by atoms with Crippen LogP contribution in [0.2, 0.25) is 0 Å². The monoisotopic (exact) mass is 339 g/mol. The van der Waals surface area contributed by atoms with Gasteiger partial charge in [-0.2, -0.15) is 0 Å². The van der Waals surface area contributed by atoms with Crippen LogP contribution >= 0.6 is 0 Å². The Morgan fingerprint density at radius 2 is 1.88 bits per heavy atom.